The highest BCUT2D eigenvalue weighted by Gasteiger charge is 1.90. The van der Waals surface area contributed by atoms with E-state index in [-0.39, 0.29) is 6.18 Å². The molecule has 1 unspecified atom stereocenters. The lowest BCUT2D eigenvalue weighted by molar-refractivity contribution is 0.967. The number of hydrogen-bond donors (Lipinski definition) is 2. The summed E-state index contributed by atoms with van der Waals surface area (Å²) < 4.78 is 14.1. The Morgan fingerprint density at radius 1 is 2.14 bits per heavy atom. The molecule has 1 aliphatic rings. The van der Waals surface area contributed by atoms with E-state index in [1.165, 1.54) is 6.08 Å². The Kier molecular flexibility index (Phi) is 0.736. The summed E-state index contributed by atoms with van der Waals surface area (Å²) in [4.78, 5) is 0. The largest absolute Gasteiger partial charge is 0.359 e. The summed E-state index contributed by atoms with van der Waals surface area (Å²) in [6, 6.07) is 0. The van der Waals surface area contributed by atoms with Gasteiger partial charge in [-0.1, -0.05) is 0 Å². The first-order valence-electron chi connectivity index (χ1n) is 2.94. The zero-order chi connectivity index (χ0) is 6.85. The number of nitrogens with one attached hydrogen (secondary N) is 2. The van der Waals surface area contributed by atoms with Crippen molar-refractivity contribution in [3.05, 3.63) is 12.3 Å². The molecule has 0 saturated heterocycles. The van der Waals surface area contributed by atoms with E-state index < -0.39 is 6.52 Å². The molecule has 0 aromatic heterocycles. The lowest BCUT2D eigenvalue weighted by atomic mass is 10.5. The molecule has 0 saturated carbocycles. The van der Waals surface area contributed by atoms with Crippen LogP contribution >= 0.6 is 12.2 Å². The molecule has 0 spiro atoms. The van der Waals surface area contributed by atoms with E-state index in [9.17, 15) is 0 Å². The molecule has 2 nitrogen and oxygen atoms in total. The minimum absolute atomic E-state index is 0.193. The topological polar surface area (TPSA) is 24.1 Å². The summed E-state index contributed by atoms with van der Waals surface area (Å²) in [7, 11) is 0. The molecule has 2 N–H and O–H groups in total. The van der Waals surface area contributed by atoms with Crippen LogP contribution in [0.5, 0.6) is 0 Å². The van der Waals surface area contributed by atoms with Gasteiger partial charge in [0.25, 0.3) is 0 Å². The van der Waals surface area contributed by atoms with Crippen LogP contribution in [0.2, 0.25) is 0 Å². The molecule has 0 amide bonds. The van der Waals surface area contributed by atoms with E-state index in [4.69, 9.17) is 2.74 Å². The van der Waals surface area contributed by atoms with Crippen LogP contribution in [0.25, 0.3) is 0 Å². The summed E-state index contributed by atoms with van der Waals surface area (Å²) >= 11 is 4.66. The highest BCUT2D eigenvalue weighted by Crippen LogP contribution is 1.75. The lowest BCUT2D eigenvalue weighted by Crippen LogP contribution is -2.35. The quantitative estimate of drug-likeness (QED) is 0.435. The van der Waals surface area contributed by atoms with Crippen molar-refractivity contribution in [2.24, 2.45) is 0 Å². The van der Waals surface area contributed by atoms with Gasteiger partial charge in [0, 0.05) is 12.7 Å². The fourth-order valence-electron chi connectivity index (χ4n) is 0.302. The van der Waals surface area contributed by atoms with Crippen LogP contribution in [0, 0.1) is 0 Å². The third-order valence-electron chi connectivity index (χ3n) is 0.567. The monoisotopic (exact) mass is 116 g/mol. The zero-order valence-electron chi connectivity index (χ0n) is 5.56. The fourth-order valence-corrected chi connectivity index (χ4v) is 0.429. The highest BCUT2D eigenvalue weighted by molar-refractivity contribution is 7.80. The lowest BCUT2D eigenvalue weighted by Gasteiger charge is -2.08. The molecule has 0 aromatic rings. The van der Waals surface area contributed by atoms with Gasteiger partial charge >= 0.3 is 0 Å². The van der Waals surface area contributed by atoms with E-state index in [2.05, 4.69) is 22.9 Å². The van der Waals surface area contributed by atoms with E-state index in [0.29, 0.717) is 5.11 Å². The summed E-state index contributed by atoms with van der Waals surface area (Å²) in [6.07, 6.45) is 1.62. The molecular formula is C4H6N2S. The fraction of sp³-hybridized carbons (Fsp3) is 0.250. The van der Waals surface area contributed by atoms with Crippen molar-refractivity contribution in [1.82, 2.24) is 10.6 Å². The molecule has 1 rings (SSSR count). The molecule has 0 fully saturated rings. The third kappa shape index (κ3) is 1.16. The van der Waals surface area contributed by atoms with Crippen LogP contribution in [-0.2, 0) is 0 Å². The Hall–Kier alpha value is -0.570. The van der Waals surface area contributed by atoms with E-state index in [1.54, 1.807) is 0 Å². The maximum Gasteiger partial charge on any atom is 0.170 e. The Bertz CT molecular complexity index is 168. The second-order valence-electron chi connectivity index (χ2n) is 1.08. The van der Waals surface area contributed by atoms with Gasteiger partial charge in [-0.3, -0.25) is 0 Å². The van der Waals surface area contributed by atoms with Gasteiger partial charge in [-0.05, 0) is 18.3 Å². The summed E-state index contributed by atoms with van der Waals surface area (Å²) in [5.41, 5.74) is 0. The van der Waals surface area contributed by atoms with Crippen molar-refractivity contribution in [1.29, 1.82) is 0 Å². The molecule has 0 aromatic carbocycles. The minimum atomic E-state index is -0.564. The predicted octanol–water partition coefficient (Wildman–Crippen LogP) is -0.0222. The third-order valence-corrected chi connectivity index (χ3v) is 0.787. The van der Waals surface area contributed by atoms with Gasteiger partial charge in [0.15, 0.2) is 5.11 Å². The SMILES string of the molecule is [2H]C1=CC([2H])NC(=S)N1. The molecule has 0 radical (unpaired) electrons. The first-order chi connectivity index (χ1) is 4.18. The number of thiocarbonyl (C=S) groups is 1. The molecule has 0 bridgehead atoms. The van der Waals surface area contributed by atoms with E-state index >= 15 is 0 Å². The van der Waals surface area contributed by atoms with Crippen LogP contribution < -0.4 is 10.6 Å². The van der Waals surface area contributed by atoms with Gasteiger partial charge in [0.2, 0.25) is 0 Å². The van der Waals surface area contributed by atoms with Crippen molar-refractivity contribution in [2.75, 3.05) is 6.52 Å². The Balaban J connectivity index is 2.67. The number of hydrogen-bond acceptors (Lipinski definition) is 1. The molecule has 1 atom stereocenters. The number of rotatable bonds is 0. The van der Waals surface area contributed by atoms with Crippen molar-refractivity contribution >= 4 is 17.3 Å². The van der Waals surface area contributed by atoms with Crippen molar-refractivity contribution in [2.45, 2.75) is 0 Å². The summed E-state index contributed by atoms with van der Waals surface area (Å²) in [5, 5.41) is 5.49. The van der Waals surface area contributed by atoms with Crippen molar-refractivity contribution < 1.29 is 2.74 Å². The van der Waals surface area contributed by atoms with Crippen LogP contribution in [0.1, 0.15) is 2.74 Å². The average Bonchev–Trinajstić information content (AvgIpc) is 1.59. The molecule has 3 heteroatoms. The van der Waals surface area contributed by atoms with Gasteiger partial charge < -0.3 is 10.6 Å². The van der Waals surface area contributed by atoms with Crippen molar-refractivity contribution in [3.8, 4) is 0 Å². The van der Waals surface area contributed by atoms with Crippen LogP contribution in [-0.4, -0.2) is 11.6 Å². The second kappa shape index (κ2) is 1.93. The minimum Gasteiger partial charge on any atom is -0.359 e. The molecular weight excluding hydrogens is 108 g/mol. The maximum absolute atomic E-state index is 7.10. The first-order valence-corrected chi connectivity index (χ1v) is 2.27. The Labute approximate surface area is 50.4 Å². The normalized spacial score (nSPS) is 34.0. The summed E-state index contributed by atoms with van der Waals surface area (Å²) in [6.45, 7) is -0.564. The standard InChI is InChI=1S/C4H6N2S/c7-4-5-2-1-3-6-4/h1-2H,3H2,(H2,5,6,7)/i2D,3D. The predicted molar refractivity (Wildman–Crippen MR) is 32.9 cm³/mol. The Morgan fingerprint density at radius 3 is 3.57 bits per heavy atom. The van der Waals surface area contributed by atoms with Crippen LogP contribution in [0.3, 0.4) is 0 Å². The van der Waals surface area contributed by atoms with E-state index in [1.807, 2.05) is 0 Å². The highest BCUT2D eigenvalue weighted by atomic mass is 32.1. The summed E-state index contributed by atoms with van der Waals surface area (Å²) in [5.74, 6) is 0. The van der Waals surface area contributed by atoms with Gasteiger partial charge in [-0.15, -0.1) is 0 Å². The molecule has 1 aliphatic heterocycles. The van der Waals surface area contributed by atoms with Crippen LogP contribution in [0.4, 0.5) is 0 Å². The molecule has 7 heavy (non-hydrogen) atoms. The zero-order valence-corrected chi connectivity index (χ0v) is 4.38. The van der Waals surface area contributed by atoms with Crippen molar-refractivity contribution in [3.63, 3.8) is 0 Å². The van der Waals surface area contributed by atoms with Gasteiger partial charge in [-0.2, -0.15) is 0 Å². The van der Waals surface area contributed by atoms with Gasteiger partial charge in [0.05, 0.1) is 2.74 Å². The van der Waals surface area contributed by atoms with Gasteiger partial charge in [-0.25, -0.2) is 0 Å². The maximum atomic E-state index is 7.10. The molecule has 38 valence electrons. The first kappa shape index (κ1) is 2.67. The smallest absolute Gasteiger partial charge is 0.170 e. The van der Waals surface area contributed by atoms with E-state index in [0.717, 1.165) is 0 Å². The van der Waals surface area contributed by atoms with Gasteiger partial charge in [0.1, 0.15) is 0 Å². The molecule has 0 aliphatic carbocycles. The second-order valence-corrected chi connectivity index (χ2v) is 1.48. The Morgan fingerprint density at radius 2 is 3.00 bits per heavy atom. The molecule has 1 heterocycles. The average molecular weight is 116 g/mol. The van der Waals surface area contributed by atoms with Crippen LogP contribution in [0.15, 0.2) is 12.3 Å².